The van der Waals surface area contributed by atoms with E-state index in [-0.39, 0.29) is 0 Å². The van der Waals surface area contributed by atoms with Crippen molar-refractivity contribution in [3.8, 4) is 0 Å². The predicted molar refractivity (Wildman–Crippen MR) is 61.5 cm³/mol. The van der Waals surface area contributed by atoms with Gasteiger partial charge in [0.25, 0.3) is 0 Å². The van der Waals surface area contributed by atoms with Crippen molar-refractivity contribution >= 4 is 11.8 Å². The Balaban J connectivity index is 2.44. The van der Waals surface area contributed by atoms with Crippen molar-refractivity contribution in [2.45, 2.75) is 32.4 Å². The van der Waals surface area contributed by atoms with E-state index in [1.165, 1.54) is 24.5 Å². The van der Waals surface area contributed by atoms with Crippen LogP contribution < -0.4 is 5.32 Å². The first kappa shape index (κ1) is 11.3. The Morgan fingerprint density at radius 1 is 1.62 bits per heavy atom. The molecular formula is C10H22N2S. The predicted octanol–water partition coefficient (Wildman–Crippen LogP) is 1.42. The summed E-state index contributed by atoms with van der Waals surface area (Å²) in [4.78, 5) is 2.66. The highest BCUT2D eigenvalue weighted by molar-refractivity contribution is 7.99. The van der Waals surface area contributed by atoms with Gasteiger partial charge in [0.05, 0.1) is 0 Å². The quantitative estimate of drug-likeness (QED) is 0.742. The van der Waals surface area contributed by atoms with E-state index in [2.05, 4.69) is 35.8 Å². The van der Waals surface area contributed by atoms with Gasteiger partial charge in [-0.25, -0.2) is 0 Å². The van der Waals surface area contributed by atoms with Crippen LogP contribution in [0.2, 0.25) is 0 Å². The van der Waals surface area contributed by atoms with Crippen LogP contribution >= 0.6 is 11.8 Å². The van der Waals surface area contributed by atoms with Crippen LogP contribution in [0.1, 0.15) is 20.3 Å². The zero-order valence-corrected chi connectivity index (χ0v) is 9.86. The van der Waals surface area contributed by atoms with E-state index in [9.17, 15) is 0 Å². The third-order valence-corrected chi connectivity index (χ3v) is 3.99. The van der Waals surface area contributed by atoms with E-state index < -0.39 is 0 Å². The maximum atomic E-state index is 3.29. The average molecular weight is 202 g/mol. The van der Waals surface area contributed by atoms with E-state index in [0.717, 1.165) is 18.6 Å². The third kappa shape index (κ3) is 3.15. The number of thioether (sulfide) groups is 1. The van der Waals surface area contributed by atoms with Gasteiger partial charge in [0.15, 0.2) is 0 Å². The van der Waals surface area contributed by atoms with E-state index in [4.69, 9.17) is 0 Å². The molecule has 2 nitrogen and oxygen atoms in total. The minimum atomic E-state index is 0.737. The SMILES string of the molecule is CCC(CNC)N1CCSCC1C. The van der Waals surface area contributed by atoms with Gasteiger partial charge in [-0.3, -0.25) is 4.90 Å². The molecule has 1 aliphatic heterocycles. The molecule has 0 aliphatic carbocycles. The Hall–Kier alpha value is 0.270. The maximum Gasteiger partial charge on any atom is 0.0221 e. The van der Waals surface area contributed by atoms with Crippen LogP contribution in [0.3, 0.4) is 0 Å². The molecule has 1 aliphatic rings. The highest BCUT2D eigenvalue weighted by Gasteiger charge is 2.24. The number of hydrogen-bond acceptors (Lipinski definition) is 3. The summed E-state index contributed by atoms with van der Waals surface area (Å²) in [6.07, 6.45) is 1.26. The van der Waals surface area contributed by atoms with Crippen LogP contribution in [0.4, 0.5) is 0 Å². The van der Waals surface area contributed by atoms with Crippen LogP contribution in [0.25, 0.3) is 0 Å². The highest BCUT2D eigenvalue weighted by atomic mass is 32.2. The molecule has 2 atom stereocenters. The maximum absolute atomic E-state index is 3.29. The zero-order chi connectivity index (χ0) is 9.68. The molecule has 2 unspecified atom stereocenters. The van der Waals surface area contributed by atoms with E-state index in [1.54, 1.807) is 0 Å². The fraction of sp³-hybridized carbons (Fsp3) is 1.00. The van der Waals surface area contributed by atoms with E-state index >= 15 is 0 Å². The molecule has 0 saturated carbocycles. The third-order valence-electron chi connectivity index (χ3n) is 2.80. The molecule has 1 saturated heterocycles. The molecule has 1 N–H and O–H groups in total. The summed E-state index contributed by atoms with van der Waals surface area (Å²) in [6.45, 7) is 7.04. The lowest BCUT2D eigenvalue weighted by Crippen LogP contribution is -2.50. The lowest BCUT2D eigenvalue weighted by atomic mass is 10.1. The molecule has 0 spiro atoms. The van der Waals surface area contributed by atoms with Crippen LogP contribution in [-0.4, -0.2) is 48.6 Å². The molecule has 0 bridgehead atoms. The minimum absolute atomic E-state index is 0.737. The molecule has 1 fully saturated rings. The van der Waals surface area contributed by atoms with Crippen molar-refractivity contribution in [2.24, 2.45) is 0 Å². The second kappa shape index (κ2) is 5.89. The molecule has 0 radical (unpaired) electrons. The molecule has 3 heteroatoms. The van der Waals surface area contributed by atoms with Gasteiger partial charge < -0.3 is 5.32 Å². The molecule has 78 valence electrons. The summed E-state index contributed by atoms with van der Waals surface area (Å²) < 4.78 is 0. The molecule has 0 aromatic carbocycles. The van der Waals surface area contributed by atoms with Gasteiger partial charge in [0, 0.05) is 36.7 Å². The monoisotopic (exact) mass is 202 g/mol. The number of likely N-dealkylation sites (N-methyl/N-ethyl adjacent to an activating group) is 1. The lowest BCUT2D eigenvalue weighted by Gasteiger charge is -2.39. The topological polar surface area (TPSA) is 15.3 Å². The van der Waals surface area contributed by atoms with Crippen molar-refractivity contribution in [1.82, 2.24) is 10.2 Å². The van der Waals surface area contributed by atoms with Crippen LogP contribution in [0.15, 0.2) is 0 Å². The normalized spacial score (nSPS) is 27.5. The van der Waals surface area contributed by atoms with Crippen LogP contribution in [0, 0.1) is 0 Å². The summed E-state index contributed by atoms with van der Waals surface area (Å²) >= 11 is 2.09. The van der Waals surface area contributed by atoms with Gasteiger partial charge in [-0.05, 0) is 20.4 Å². The summed E-state index contributed by atoms with van der Waals surface area (Å²) in [5, 5.41) is 3.29. The Morgan fingerprint density at radius 3 is 2.92 bits per heavy atom. The second-order valence-corrected chi connectivity index (χ2v) is 4.93. The standard InChI is InChI=1S/C10H22N2S/c1-4-10(7-11-3)12-5-6-13-8-9(12)2/h9-11H,4-8H2,1-3H3. The first-order valence-electron chi connectivity index (χ1n) is 5.27. The smallest absolute Gasteiger partial charge is 0.0221 e. The van der Waals surface area contributed by atoms with Crippen LogP contribution in [0.5, 0.6) is 0 Å². The van der Waals surface area contributed by atoms with Gasteiger partial charge in [0.2, 0.25) is 0 Å². The fourth-order valence-corrected chi connectivity index (χ4v) is 3.05. The van der Waals surface area contributed by atoms with Crippen molar-refractivity contribution in [3.05, 3.63) is 0 Å². The number of nitrogens with one attached hydrogen (secondary N) is 1. The van der Waals surface area contributed by atoms with Gasteiger partial charge in [-0.1, -0.05) is 6.92 Å². The molecule has 0 aromatic heterocycles. The first-order valence-corrected chi connectivity index (χ1v) is 6.43. The summed E-state index contributed by atoms with van der Waals surface area (Å²) in [5.41, 5.74) is 0. The molecule has 1 rings (SSSR count). The molecule has 0 aromatic rings. The van der Waals surface area contributed by atoms with Crippen molar-refractivity contribution in [2.75, 3.05) is 31.6 Å². The number of hydrogen-bond donors (Lipinski definition) is 1. The largest absolute Gasteiger partial charge is 0.318 e. The Bertz CT molecular complexity index is 141. The fourth-order valence-electron chi connectivity index (χ4n) is 2.01. The van der Waals surface area contributed by atoms with E-state index in [0.29, 0.717) is 0 Å². The molecular weight excluding hydrogens is 180 g/mol. The molecule has 13 heavy (non-hydrogen) atoms. The average Bonchev–Trinajstić information content (AvgIpc) is 2.16. The van der Waals surface area contributed by atoms with Gasteiger partial charge in [-0.2, -0.15) is 11.8 Å². The first-order chi connectivity index (χ1) is 6.29. The van der Waals surface area contributed by atoms with Gasteiger partial charge in [0.1, 0.15) is 0 Å². The van der Waals surface area contributed by atoms with Gasteiger partial charge in [-0.15, -0.1) is 0 Å². The Kier molecular flexibility index (Phi) is 5.14. The second-order valence-electron chi connectivity index (χ2n) is 3.78. The Morgan fingerprint density at radius 2 is 2.38 bits per heavy atom. The molecule has 0 amide bonds. The zero-order valence-electron chi connectivity index (χ0n) is 9.05. The highest BCUT2D eigenvalue weighted by Crippen LogP contribution is 2.19. The lowest BCUT2D eigenvalue weighted by molar-refractivity contribution is 0.155. The number of rotatable bonds is 4. The summed E-state index contributed by atoms with van der Waals surface area (Å²) in [6, 6.07) is 1.50. The van der Waals surface area contributed by atoms with E-state index in [1.807, 2.05) is 7.05 Å². The van der Waals surface area contributed by atoms with Crippen molar-refractivity contribution in [3.63, 3.8) is 0 Å². The minimum Gasteiger partial charge on any atom is -0.318 e. The van der Waals surface area contributed by atoms with Crippen molar-refractivity contribution in [1.29, 1.82) is 0 Å². The molecule has 1 heterocycles. The summed E-state index contributed by atoms with van der Waals surface area (Å²) in [5.74, 6) is 2.62. The van der Waals surface area contributed by atoms with Crippen molar-refractivity contribution < 1.29 is 0 Å². The summed E-state index contributed by atoms with van der Waals surface area (Å²) in [7, 11) is 2.05. The number of nitrogens with zero attached hydrogens (tertiary/aromatic N) is 1. The van der Waals surface area contributed by atoms with Gasteiger partial charge >= 0.3 is 0 Å². The Labute approximate surface area is 86.5 Å². The van der Waals surface area contributed by atoms with Crippen LogP contribution in [-0.2, 0) is 0 Å².